The maximum atomic E-state index is 12.5. The van der Waals surface area contributed by atoms with Crippen molar-refractivity contribution in [2.24, 2.45) is 0 Å². The molecule has 0 aliphatic heterocycles. The van der Waals surface area contributed by atoms with Crippen LogP contribution in [0.5, 0.6) is 0 Å². The third-order valence-electron chi connectivity index (χ3n) is 3.30. The summed E-state index contributed by atoms with van der Waals surface area (Å²) in [4.78, 5) is 14.0. The first-order valence-electron chi connectivity index (χ1n) is 6.40. The van der Waals surface area contributed by atoms with Gasteiger partial charge in [0.2, 0.25) is 0 Å². The van der Waals surface area contributed by atoms with Crippen LogP contribution < -0.4 is 5.32 Å². The monoisotopic (exact) mass is 315 g/mol. The van der Waals surface area contributed by atoms with E-state index in [9.17, 15) is 4.79 Å². The van der Waals surface area contributed by atoms with Crippen molar-refractivity contribution in [3.63, 3.8) is 0 Å². The number of nitrogens with zero attached hydrogens (tertiary/aromatic N) is 2. The number of carbonyl (C=O) groups excluding carboxylic acids is 1. The molecule has 6 heteroatoms. The Balaban J connectivity index is 1.90. The van der Waals surface area contributed by atoms with Gasteiger partial charge in [-0.15, -0.1) is 16.4 Å². The van der Waals surface area contributed by atoms with E-state index in [-0.39, 0.29) is 5.91 Å². The van der Waals surface area contributed by atoms with Crippen molar-refractivity contribution >= 4 is 34.5 Å². The van der Waals surface area contributed by atoms with Gasteiger partial charge < -0.3 is 5.32 Å². The molecule has 3 aromatic rings. The van der Waals surface area contributed by atoms with Crippen molar-refractivity contribution in [2.45, 2.75) is 13.8 Å². The largest absolute Gasteiger partial charge is 0.321 e. The fourth-order valence-electron chi connectivity index (χ4n) is 1.98. The minimum Gasteiger partial charge on any atom is -0.321 e. The van der Waals surface area contributed by atoms with Crippen molar-refractivity contribution in [3.05, 3.63) is 51.7 Å². The highest BCUT2D eigenvalue weighted by molar-refractivity contribution is 7.14. The zero-order valence-electron chi connectivity index (χ0n) is 11.6. The van der Waals surface area contributed by atoms with E-state index >= 15 is 0 Å². The molecule has 0 fully saturated rings. The summed E-state index contributed by atoms with van der Waals surface area (Å²) in [6, 6.07) is 9.74. The summed E-state index contributed by atoms with van der Waals surface area (Å²) in [6.45, 7) is 4.02. The van der Waals surface area contributed by atoms with E-state index < -0.39 is 0 Å². The number of anilines is 1. The maximum absolute atomic E-state index is 12.5. The molecular weight excluding hydrogens is 302 g/mol. The number of hydrogen-bond acceptors (Lipinski definition) is 5. The quantitative estimate of drug-likeness (QED) is 0.790. The van der Waals surface area contributed by atoms with Gasteiger partial charge in [-0.1, -0.05) is 22.7 Å². The van der Waals surface area contributed by atoms with Gasteiger partial charge in [-0.3, -0.25) is 4.79 Å². The van der Waals surface area contributed by atoms with Crippen LogP contribution in [0, 0.1) is 13.8 Å². The Morgan fingerprint density at radius 3 is 2.81 bits per heavy atom. The smallest absolute Gasteiger partial charge is 0.269 e. The van der Waals surface area contributed by atoms with Crippen molar-refractivity contribution < 1.29 is 4.79 Å². The summed E-state index contributed by atoms with van der Waals surface area (Å²) in [5.74, 6) is -0.165. The molecule has 1 aromatic carbocycles. The van der Waals surface area contributed by atoms with Crippen LogP contribution in [-0.4, -0.2) is 15.5 Å². The first-order valence-corrected chi connectivity index (χ1v) is 8.06. The lowest BCUT2D eigenvalue weighted by molar-refractivity contribution is 0.103. The van der Waals surface area contributed by atoms with Crippen LogP contribution in [0.2, 0.25) is 0 Å². The highest BCUT2D eigenvalue weighted by Crippen LogP contribution is 2.29. The summed E-state index contributed by atoms with van der Waals surface area (Å²) in [6.07, 6.45) is 0. The third kappa shape index (κ3) is 2.72. The highest BCUT2D eigenvalue weighted by Gasteiger charge is 2.19. The molecule has 0 aliphatic carbocycles. The number of benzene rings is 1. The highest BCUT2D eigenvalue weighted by atomic mass is 32.1. The van der Waals surface area contributed by atoms with E-state index in [4.69, 9.17) is 0 Å². The van der Waals surface area contributed by atoms with Crippen molar-refractivity contribution in [1.82, 2.24) is 9.59 Å². The van der Waals surface area contributed by atoms with Gasteiger partial charge >= 0.3 is 0 Å². The summed E-state index contributed by atoms with van der Waals surface area (Å²) < 4.78 is 3.92. The summed E-state index contributed by atoms with van der Waals surface area (Å²) >= 11 is 2.67. The number of nitrogens with one attached hydrogen (secondary N) is 1. The Labute approximate surface area is 130 Å². The fraction of sp³-hybridized carbons (Fsp3) is 0.133. The minimum absolute atomic E-state index is 0.165. The zero-order chi connectivity index (χ0) is 14.8. The number of carbonyl (C=O) groups is 1. The second kappa shape index (κ2) is 5.75. The van der Waals surface area contributed by atoms with Gasteiger partial charge in [-0.05, 0) is 54.0 Å². The van der Waals surface area contributed by atoms with Gasteiger partial charge in [0.25, 0.3) is 5.91 Å². The van der Waals surface area contributed by atoms with Gasteiger partial charge in [0.15, 0.2) is 0 Å². The number of rotatable bonds is 3. The molecule has 0 saturated heterocycles. The van der Waals surface area contributed by atoms with Crippen LogP contribution in [0.3, 0.4) is 0 Å². The first kappa shape index (κ1) is 13.9. The molecule has 0 spiro atoms. The number of aryl methyl sites for hydroxylation is 1. The summed E-state index contributed by atoms with van der Waals surface area (Å²) in [5, 5.41) is 8.99. The molecular formula is C15H13N3OS2. The predicted octanol–water partition coefficient (Wildman–Crippen LogP) is 4.14. The fourth-order valence-corrected chi connectivity index (χ4v) is 3.34. The average molecular weight is 315 g/mol. The van der Waals surface area contributed by atoms with Crippen LogP contribution in [0.15, 0.2) is 35.7 Å². The second-order valence-electron chi connectivity index (χ2n) is 4.63. The van der Waals surface area contributed by atoms with Crippen LogP contribution in [0.1, 0.15) is 20.8 Å². The molecule has 0 saturated carbocycles. The minimum atomic E-state index is -0.165. The Morgan fingerprint density at radius 1 is 1.19 bits per heavy atom. The number of thiophene rings is 1. The number of amides is 1. The lowest BCUT2D eigenvalue weighted by Gasteiger charge is -2.09. The van der Waals surface area contributed by atoms with E-state index in [0.717, 1.165) is 33.2 Å². The van der Waals surface area contributed by atoms with Gasteiger partial charge in [0, 0.05) is 5.69 Å². The molecule has 0 atom stereocenters. The second-order valence-corrected chi connectivity index (χ2v) is 6.33. The Bertz CT molecular complexity index is 778. The van der Waals surface area contributed by atoms with Gasteiger partial charge in [0.1, 0.15) is 10.6 Å². The molecule has 0 aliphatic rings. The van der Waals surface area contributed by atoms with E-state index in [1.165, 1.54) is 0 Å². The molecule has 4 nitrogen and oxygen atoms in total. The van der Waals surface area contributed by atoms with E-state index in [1.807, 2.05) is 49.6 Å². The molecule has 106 valence electrons. The molecule has 0 radical (unpaired) electrons. The van der Waals surface area contributed by atoms with Crippen LogP contribution in [0.4, 0.5) is 5.69 Å². The molecule has 1 amide bonds. The topological polar surface area (TPSA) is 54.9 Å². The van der Waals surface area contributed by atoms with Gasteiger partial charge in [0.05, 0.1) is 4.88 Å². The van der Waals surface area contributed by atoms with E-state index in [0.29, 0.717) is 10.6 Å². The molecule has 1 N–H and O–H groups in total. The van der Waals surface area contributed by atoms with Crippen molar-refractivity contribution in [1.29, 1.82) is 0 Å². The summed E-state index contributed by atoms with van der Waals surface area (Å²) in [7, 11) is 0. The lowest BCUT2D eigenvalue weighted by Crippen LogP contribution is -2.12. The van der Waals surface area contributed by atoms with Crippen molar-refractivity contribution in [2.75, 3.05) is 5.32 Å². The van der Waals surface area contributed by atoms with Crippen LogP contribution in [0.25, 0.3) is 10.6 Å². The molecule has 3 rings (SSSR count). The van der Waals surface area contributed by atoms with E-state index in [2.05, 4.69) is 14.9 Å². The Hall–Kier alpha value is -2.05. The molecule has 0 unspecified atom stereocenters. The van der Waals surface area contributed by atoms with Crippen LogP contribution >= 0.6 is 22.9 Å². The number of aromatic nitrogens is 2. The SMILES string of the molecule is Cc1cccc(NC(=O)c2snnc2-c2cccs2)c1C. The average Bonchev–Trinajstić information content (AvgIpc) is 3.13. The maximum Gasteiger partial charge on any atom is 0.269 e. The molecule has 21 heavy (non-hydrogen) atoms. The first-order chi connectivity index (χ1) is 10.2. The predicted molar refractivity (Wildman–Crippen MR) is 87.1 cm³/mol. The Kier molecular flexibility index (Phi) is 3.81. The summed E-state index contributed by atoms with van der Waals surface area (Å²) in [5.41, 5.74) is 3.69. The Morgan fingerprint density at radius 2 is 2.05 bits per heavy atom. The third-order valence-corrected chi connectivity index (χ3v) is 4.90. The van der Waals surface area contributed by atoms with E-state index in [1.54, 1.807) is 11.3 Å². The molecule has 2 aromatic heterocycles. The zero-order valence-corrected chi connectivity index (χ0v) is 13.2. The van der Waals surface area contributed by atoms with Gasteiger partial charge in [-0.25, -0.2) is 0 Å². The number of hydrogen-bond donors (Lipinski definition) is 1. The molecule has 0 bridgehead atoms. The standard InChI is InChI=1S/C15H13N3OS2/c1-9-5-3-6-11(10(9)2)16-15(19)14-13(17-18-21-14)12-7-4-8-20-12/h3-8H,1-2H3,(H,16,19). The lowest BCUT2D eigenvalue weighted by atomic mass is 10.1. The normalized spacial score (nSPS) is 10.6. The molecule has 2 heterocycles. The van der Waals surface area contributed by atoms with Crippen molar-refractivity contribution in [3.8, 4) is 10.6 Å². The van der Waals surface area contributed by atoms with Gasteiger partial charge in [-0.2, -0.15) is 0 Å². The van der Waals surface area contributed by atoms with Crippen LogP contribution in [-0.2, 0) is 0 Å².